The molecule has 0 radical (unpaired) electrons. The lowest BCUT2D eigenvalue weighted by atomic mass is 10.1. The first-order chi connectivity index (χ1) is 11.1. The number of aryl methyl sites for hydroxylation is 1. The smallest absolute Gasteiger partial charge is 0.252 e. The van der Waals surface area contributed by atoms with Crippen molar-refractivity contribution in [3.63, 3.8) is 0 Å². The van der Waals surface area contributed by atoms with Crippen molar-refractivity contribution < 1.29 is 9.53 Å². The number of hydrogen-bond donors (Lipinski definition) is 2. The van der Waals surface area contributed by atoms with Crippen LogP contribution in [-0.2, 0) is 4.74 Å². The molecular weight excluding hydrogens is 290 g/mol. The third kappa shape index (κ3) is 4.79. The number of nitrogens with zero attached hydrogens (tertiary/aromatic N) is 1. The van der Waals surface area contributed by atoms with Crippen LogP contribution < -0.4 is 10.6 Å². The molecule has 1 aromatic carbocycles. The summed E-state index contributed by atoms with van der Waals surface area (Å²) in [5.41, 5.74) is 3.99. The molecule has 0 aliphatic rings. The molecule has 1 aromatic heterocycles. The first kappa shape index (κ1) is 17.0. The molecule has 23 heavy (non-hydrogen) atoms. The fourth-order valence-electron chi connectivity index (χ4n) is 2.15. The van der Waals surface area contributed by atoms with Crippen LogP contribution in [-0.4, -0.2) is 31.2 Å². The van der Waals surface area contributed by atoms with Crippen LogP contribution in [0.4, 0.5) is 11.5 Å². The van der Waals surface area contributed by atoms with Crippen molar-refractivity contribution in [2.75, 3.05) is 25.6 Å². The zero-order chi connectivity index (χ0) is 16.7. The molecule has 0 saturated heterocycles. The summed E-state index contributed by atoms with van der Waals surface area (Å²) < 4.78 is 4.95. The molecule has 2 N–H and O–H groups in total. The van der Waals surface area contributed by atoms with Gasteiger partial charge in [0.05, 0.1) is 5.56 Å². The summed E-state index contributed by atoms with van der Waals surface area (Å²) in [6.07, 6.45) is 2.38. The van der Waals surface area contributed by atoms with Crippen LogP contribution in [0.1, 0.15) is 27.9 Å². The number of pyridine rings is 1. The van der Waals surface area contributed by atoms with Crippen molar-refractivity contribution >= 4 is 17.4 Å². The number of aromatic nitrogens is 1. The van der Waals surface area contributed by atoms with E-state index in [1.165, 1.54) is 11.1 Å². The highest BCUT2D eigenvalue weighted by atomic mass is 16.5. The summed E-state index contributed by atoms with van der Waals surface area (Å²) in [4.78, 5) is 16.3. The van der Waals surface area contributed by atoms with Gasteiger partial charge in [-0.3, -0.25) is 4.79 Å². The minimum absolute atomic E-state index is 0.119. The number of nitrogens with one attached hydrogen (secondary N) is 2. The lowest BCUT2D eigenvalue weighted by Gasteiger charge is -2.11. The van der Waals surface area contributed by atoms with Gasteiger partial charge in [0.15, 0.2) is 0 Å². The van der Waals surface area contributed by atoms with Gasteiger partial charge in [0, 0.05) is 32.1 Å². The van der Waals surface area contributed by atoms with Crippen LogP contribution in [0.3, 0.4) is 0 Å². The zero-order valence-corrected chi connectivity index (χ0v) is 13.8. The van der Waals surface area contributed by atoms with Crippen molar-refractivity contribution in [2.24, 2.45) is 0 Å². The second kappa shape index (κ2) is 8.29. The molecule has 2 aromatic rings. The zero-order valence-electron chi connectivity index (χ0n) is 13.8. The van der Waals surface area contributed by atoms with Crippen molar-refractivity contribution in [1.29, 1.82) is 0 Å². The molecule has 0 atom stereocenters. The molecule has 1 heterocycles. The van der Waals surface area contributed by atoms with Crippen molar-refractivity contribution in [1.82, 2.24) is 10.3 Å². The van der Waals surface area contributed by atoms with Crippen LogP contribution in [0.15, 0.2) is 36.5 Å². The van der Waals surface area contributed by atoms with Gasteiger partial charge in [-0.2, -0.15) is 0 Å². The van der Waals surface area contributed by atoms with E-state index in [-0.39, 0.29) is 5.91 Å². The SMILES string of the molecule is COCCCNC(=O)c1ccc(Nc2cccc(C)c2C)nc1. The van der Waals surface area contributed by atoms with E-state index in [2.05, 4.69) is 35.5 Å². The molecule has 0 saturated carbocycles. The fourth-order valence-corrected chi connectivity index (χ4v) is 2.15. The van der Waals surface area contributed by atoms with E-state index in [1.54, 1.807) is 19.4 Å². The third-order valence-electron chi connectivity index (χ3n) is 3.70. The van der Waals surface area contributed by atoms with Crippen LogP contribution in [0, 0.1) is 13.8 Å². The Hall–Kier alpha value is -2.40. The van der Waals surface area contributed by atoms with Gasteiger partial charge >= 0.3 is 0 Å². The van der Waals surface area contributed by atoms with E-state index in [0.717, 1.165) is 17.9 Å². The van der Waals surface area contributed by atoms with Gasteiger partial charge in [0.1, 0.15) is 5.82 Å². The predicted molar refractivity (Wildman–Crippen MR) is 92.3 cm³/mol. The van der Waals surface area contributed by atoms with E-state index < -0.39 is 0 Å². The molecule has 1 amide bonds. The number of ether oxygens (including phenoxy) is 1. The minimum atomic E-state index is -0.119. The number of benzene rings is 1. The number of amides is 1. The maximum atomic E-state index is 12.0. The molecule has 0 aliphatic heterocycles. The van der Waals surface area contributed by atoms with Crippen molar-refractivity contribution in [2.45, 2.75) is 20.3 Å². The summed E-state index contributed by atoms with van der Waals surface area (Å²) in [7, 11) is 1.65. The first-order valence-corrected chi connectivity index (χ1v) is 7.68. The molecule has 0 unspecified atom stereocenters. The Morgan fingerprint density at radius 2 is 2.04 bits per heavy atom. The van der Waals surface area contributed by atoms with E-state index in [9.17, 15) is 4.79 Å². The maximum absolute atomic E-state index is 12.0. The summed E-state index contributed by atoms with van der Waals surface area (Å²) in [5.74, 6) is 0.599. The standard InChI is InChI=1S/C18H23N3O2/c1-13-6-4-7-16(14(13)2)21-17-9-8-15(12-20-17)18(22)19-10-5-11-23-3/h4,6-9,12H,5,10-11H2,1-3H3,(H,19,22)(H,20,21). The summed E-state index contributed by atoms with van der Waals surface area (Å²) >= 11 is 0. The Morgan fingerprint density at radius 1 is 1.22 bits per heavy atom. The van der Waals surface area contributed by atoms with Crippen molar-refractivity contribution in [3.05, 3.63) is 53.2 Å². The quantitative estimate of drug-likeness (QED) is 0.771. The number of anilines is 2. The number of methoxy groups -OCH3 is 1. The van der Waals surface area contributed by atoms with Gasteiger partial charge in [-0.05, 0) is 49.6 Å². The van der Waals surface area contributed by atoms with Gasteiger partial charge in [0.25, 0.3) is 5.91 Å². The van der Waals surface area contributed by atoms with Gasteiger partial charge in [-0.15, -0.1) is 0 Å². The van der Waals surface area contributed by atoms with E-state index in [1.807, 2.05) is 18.2 Å². The molecule has 0 aliphatic carbocycles. The predicted octanol–water partition coefficient (Wildman–Crippen LogP) is 3.21. The van der Waals surface area contributed by atoms with Crippen molar-refractivity contribution in [3.8, 4) is 0 Å². The van der Waals surface area contributed by atoms with Crippen LogP contribution in [0.2, 0.25) is 0 Å². The lowest BCUT2D eigenvalue weighted by Crippen LogP contribution is -2.25. The Balaban J connectivity index is 1.96. The highest BCUT2D eigenvalue weighted by Crippen LogP contribution is 2.21. The number of rotatable bonds is 7. The second-order valence-electron chi connectivity index (χ2n) is 5.41. The average Bonchev–Trinajstić information content (AvgIpc) is 2.56. The molecule has 0 spiro atoms. The van der Waals surface area contributed by atoms with Gasteiger partial charge in [-0.1, -0.05) is 12.1 Å². The van der Waals surface area contributed by atoms with Gasteiger partial charge in [0.2, 0.25) is 0 Å². The number of hydrogen-bond acceptors (Lipinski definition) is 4. The molecule has 0 bridgehead atoms. The Kier molecular flexibility index (Phi) is 6.11. The van der Waals surface area contributed by atoms with E-state index in [4.69, 9.17) is 4.74 Å². The Labute approximate surface area is 137 Å². The average molecular weight is 313 g/mol. The maximum Gasteiger partial charge on any atom is 0.252 e. The Morgan fingerprint density at radius 3 is 2.74 bits per heavy atom. The minimum Gasteiger partial charge on any atom is -0.385 e. The van der Waals surface area contributed by atoms with Crippen LogP contribution >= 0.6 is 0 Å². The van der Waals surface area contributed by atoms with Gasteiger partial charge in [-0.25, -0.2) is 4.98 Å². The van der Waals surface area contributed by atoms with E-state index >= 15 is 0 Å². The number of carbonyl (C=O) groups excluding carboxylic acids is 1. The normalized spacial score (nSPS) is 10.4. The van der Waals surface area contributed by atoms with E-state index in [0.29, 0.717) is 18.7 Å². The van der Waals surface area contributed by atoms with Crippen LogP contribution in [0.25, 0.3) is 0 Å². The topological polar surface area (TPSA) is 63.2 Å². The summed E-state index contributed by atoms with van der Waals surface area (Å²) in [5, 5.41) is 6.12. The number of carbonyl (C=O) groups is 1. The lowest BCUT2D eigenvalue weighted by molar-refractivity contribution is 0.0948. The molecule has 0 fully saturated rings. The monoisotopic (exact) mass is 313 g/mol. The molecule has 2 rings (SSSR count). The molecule has 122 valence electrons. The molecule has 5 heteroatoms. The Bertz CT molecular complexity index is 654. The summed E-state index contributed by atoms with van der Waals surface area (Å²) in [6, 6.07) is 9.68. The third-order valence-corrected chi connectivity index (χ3v) is 3.70. The largest absolute Gasteiger partial charge is 0.385 e. The highest BCUT2D eigenvalue weighted by molar-refractivity contribution is 5.94. The molecule has 5 nitrogen and oxygen atoms in total. The first-order valence-electron chi connectivity index (χ1n) is 7.68. The molecular formula is C18H23N3O2. The summed E-state index contributed by atoms with van der Waals surface area (Å²) in [6.45, 7) is 5.37. The second-order valence-corrected chi connectivity index (χ2v) is 5.41. The van der Waals surface area contributed by atoms with Gasteiger partial charge < -0.3 is 15.4 Å². The highest BCUT2D eigenvalue weighted by Gasteiger charge is 2.06. The fraction of sp³-hybridized carbons (Fsp3) is 0.333. The van der Waals surface area contributed by atoms with Crippen LogP contribution in [0.5, 0.6) is 0 Å².